The monoisotopic (exact) mass is 599 g/mol. The minimum atomic E-state index is -3.43. The lowest BCUT2D eigenvalue weighted by Gasteiger charge is -2.34. The van der Waals surface area contributed by atoms with Crippen LogP contribution in [0.5, 0.6) is 5.75 Å². The maximum Gasteiger partial charge on any atom is 0.175 e. The molecule has 2 aromatic rings. The fourth-order valence-corrected chi connectivity index (χ4v) is 6.35. The Bertz CT molecular complexity index is 1580. The predicted octanol–water partition coefficient (Wildman–Crippen LogP) is 2.57. The van der Waals surface area contributed by atoms with Crippen LogP contribution >= 0.6 is 9.24 Å². The Morgan fingerprint density at radius 2 is 2.00 bits per heavy atom. The molecule has 2 unspecified atom stereocenters. The third kappa shape index (κ3) is 8.04. The number of hydrogen-bond donors (Lipinski definition) is 2. The number of sulfone groups is 1. The second-order valence-corrected chi connectivity index (χ2v) is 13.6. The van der Waals surface area contributed by atoms with Crippen molar-refractivity contribution in [1.29, 1.82) is 5.26 Å². The number of nitrogens with zero attached hydrogens (tertiary/aromatic N) is 3. The highest BCUT2D eigenvalue weighted by molar-refractivity contribution is 7.90. The number of hydrogen-bond acceptors (Lipinski definition) is 7. The van der Waals surface area contributed by atoms with E-state index < -0.39 is 15.8 Å². The zero-order valence-corrected chi connectivity index (χ0v) is 25.9. The molecule has 8 nitrogen and oxygen atoms in total. The van der Waals surface area contributed by atoms with Gasteiger partial charge in [0.05, 0.1) is 29.4 Å². The number of alkyl halides is 1. The fraction of sp³-hybridized carbons (Fsp3) is 0.500. The lowest BCUT2D eigenvalue weighted by Crippen LogP contribution is -2.43. The summed E-state index contributed by atoms with van der Waals surface area (Å²) in [6.07, 6.45) is 9.73. The van der Waals surface area contributed by atoms with Crippen LogP contribution in [0.4, 0.5) is 10.1 Å². The summed E-state index contributed by atoms with van der Waals surface area (Å²) in [6.45, 7) is 0.214. The van der Waals surface area contributed by atoms with Gasteiger partial charge in [0.15, 0.2) is 16.4 Å². The zero-order chi connectivity index (χ0) is 29.6. The number of benzene rings is 1. The molecule has 1 aromatic carbocycles. The number of rotatable bonds is 10. The Balaban J connectivity index is 1.56. The standard InChI is InChI=1S/C30H39FN5O3PS/c1-35(2)22-11-9-21(10-12-22)34-26-7-4-8-28-25(26)18-23(36(28)20-30(31)40)6-5-16-33-27-14-13-24(41(3,37)38)19-29(27)39-17-15-32/h8,13-14,18-19,21-22,30,33-34H,4,7,9-12,16-17,20,40H2,1-3H3. The number of halogens is 1. The number of nitriles is 1. The van der Waals surface area contributed by atoms with Crippen LogP contribution in [-0.2, 0) is 16.4 Å². The summed E-state index contributed by atoms with van der Waals surface area (Å²) in [7, 11) is 3.10. The molecular weight excluding hydrogens is 560 g/mol. The first-order valence-corrected chi connectivity index (χ1v) is 16.4. The van der Waals surface area contributed by atoms with Gasteiger partial charge in [0, 0.05) is 40.7 Å². The molecule has 4 rings (SSSR count). The van der Waals surface area contributed by atoms with E-state index in [1.807, 2.05) is 10.6 Å². The first-order chi connectivity index (χ1) is 19.6. The van der Waals surface area contributed by atoms with Crippen molar-refractivity contribution < 1.29 is 17.5 Å². The molecule has 11 heteroatoms. The van der Waals surface area contributed by atoms with Gasteiger partial charge in [0.1, 0.15) is 17.7 Å². The number of ether oxygens (including phenoxy) is 1. The first-order valence-electron chi connectivity index (χ1n) is 13.9. The van der Waals surface area contributed by atoms with E-state index in [0.717, 1.165) is 48.2 Å². The van der Waals surface area contributed by atoms with Gasteiger partial charge >= 0.3 is 0 Å². The van der Waals surface area contributed by atoms with E-state index in [-0.39, 0.29) is 30.3 Å². The Morgan fingerprint density at radius 3 is 2.66 bits per heavy atom. The van der Waals surface area contributed by atoms with Crippen molar-refractivity contribution in [2.75, 3.05) is 38.8 Å². The Hall–Kier alpha value is -3.04. The van der Waals surface area contributed by atoms with E-state index in [1.165, 1.54) is 30.7 Å². The molecule has 220 valence electrons. The van der Waals surface area contributed by atoms with Crippen molar-refractivity contribution in [3.63, 3.8) is 0 Å². The Kier molecular flexibility index (Phi) is 10.4. The van der Waals surface area contributed by atoms with Gasteiger partial charge in [-0.3, -0.25) is 0 Å². The molecule has 1 saturated carbocycles. The number of anilines is 1. The van der Waals surface area contributed by atoms with Crippen LogP contribution in [-0.4, -0.2) is 69.4 Å². The van der Waals surface area contributed by atoms with Crippen LogP contribution < -0.4 is 25.9 Å². The minimum absolute atomic E-state index is 0.103. The maximum atomic E-state index is 14.2. The van der Waals surface area contributed by atoms with Gasteiger partial charge in [-0.1, -0.05) is 21.2 Å². The smallest absolute Gasteiger partial charge is 0.175 e. The summed E-state index contributed by atoms with van der Waals surface area (Å²) in [5.74, 6) is 5.48. The minimum Gasteiger partial charge on any atom is -0.477 e. The van der Waals surface area contributed by atoms with Crippen molar-refractivity contribution in [3.8, 4) is 23.7 Å². The average molecular weight is 600 g/mol. The SMILES string of the molecule is CN(C)C1CCC(NC2=c3cc(C#CCNc4ccc(S(C)(=O)=O)cc4OCC#N)n(CC(F)P)c3=CCC2)CC1. The van der Waals surface area contributed by atoms with Crippen molar-refractivity contribution in [2.45, 2.75) is 68.0 Å². The van der Waals surface area contributed by atoms with Crippen molar-refractivity contribution in [3.05, 3.63) is 40.5 Å². The van der Waals surface area contributed by atoms with Crippen LogP contribution in [0, 0.1) is 23.2 Å². The third-order valence-electron chi connectivity index (χ3n) is 7.62. The number of aromatic nitrogens is 1. The molecule has 0 saturated heterocycles. The van der Waals surface area contributed by atoms with E-state index in [9.17, 15) is 12.8 Å². The summed E-state index contributed by atoms with van der Waals surface area (Å²) in [6, 6.07) is 9.51. The van der Waals surface area contributed by atoms with Gasteiger partial charge in [0.25, 0.3) is 0 Å². The first kappa shape index (κ1) is 30.9. The van der Waals surface area contributed by atoms with Crippen LogP contribution in [0.25, 0.3) is 11.8 Å². The summed E-state index contributed by atoms with van der Waals surface area (Å²) >= 11 is 0. The summed E-state index contributed by atoms with van der Waals surface area (Å²) < 4.78 is 45.5. The quantitative estimate of drug-likeness (QED) is 0.320. The molecule has 2 N–H and O–H groups in total. The van der Waals surface area contributed by atoms with Crippen molar-refractivity contribution >= 4 is 36.5 Å². The highest BCUT2D eigenvalue weighted by atomic mass is 32.2. The predicted molar refractivity (Wildman–Crippen MR) is 164 cm³/mol. The van der Waals surface area contributed by atoms with E-state index >= 15 is 0 Å². The van der Waals surface area contributed by atoms with E-state index in [1.54, 1.807) is 6.07 Å². The molecule has 2 aliphatic rings. The second-order valence-electron chi connectivity index (χ2n) is 10.8. The Morgan fingerprint density at radius 1 is 1.24 bits per heavy atom. The molecule has 41 heavy (non-hydrogen) atoms. The molecule has 1 aromatic heterocycles. The molecular formula is C30H39FN5O3PS. The van der Waals surface area contributed by atoms with Gasteiger partial charge < -0.3 is 24.8 Å². The number of nitrogens with one attached hydrogen (secondary N) is 2. The topological polar surface area (TPSA) is 99.4 Å². The van der Waals surface area contributed by atoms with Crippen LogP contribution in [0.1, 0.15) is 44.2 Å². The van der Waals surface area contributed by atoms with Gasteiger partial charge in [-0.2, -0.15) is 5.26 Å². The third-order valence-corrected chi connectivity index (χ3v) is 8.94. The highest BCUT2D eigenvalue weighted by Crippen LogP contribution is 2.28. The Labute approximate surface area is 244 Å². The molecule has 0 aliphatic heterocycles. The molecule has 1 fully saturated rings. The second kappa shape index (κ2) is 13.7. The van der Waals surface area contributed by atoms with E-state index in [4.69, 9.17) is 10.00 Å². The van der Waals surface area contributed by atoms with Gasteiger partial charge in [-0.15, -0.1) is 0 Å². The average Bonchev–Trinajstić information content (AvgIpc) is 3.27. The normalized spacial score (nSPS) is 19.3. The number of fused-ring (bicyclic) bond motifs is 1. The van der Waals surface area contributed by atoms with Crippen LogP contribution in [0.2, 0.25) is 0 Å². The maximum absolute atomic E-state index is 14.2. The molecule has 0 bridgehead atoms. The lowest BCUT2D eigenvalue weighted by atomic mass is 9.90. The molecule has 2 aliphatic carbocycles. The molecule has 2 atom stereocenters. The van der Waals surface area contributed by atoms with Crippen LogP contribution in [0.15, 0.2) is 29.2 Å². The van der Waals surface area contributed by atoms with Crippen molar-refractivity contribution in [2.24, 2.45) is 0 Å². The van der Waals surface area contributed by atoms with E-state index in [0.29, 0.717) is 17.8 Å². The highest BCUT2D eigenvalue weighted by Gasteiger charge is 2.23. The molecule has 0 spiro atoms. The molecule has 1 heterocycles. The lowest BCUT2D eigenvalue weighted by molar-refractivity contribution is 0.210. The fourth-order valence-electron chi connectivity index (χ4n) is 5.50. The largest absolute Gasteiger partial charge is 0.477 e. The van der Waals surface area contributed by atoms with Crippen LogP contribution in [0.3, 0.4) is 0 Å². The summed E-state index contributed by atoms with van der Waals surface area (Å²) in [4.78, 5) is 2.42. The molecule has 0 amide bonds. The van der Waals surface area contributed by atoms with Crippen molar-refractivity contribution in [1.82, 2.24) is 14.8 Å². The molecule has 0 radical (unpaired) electrons. The zero-order valence-electron chi connectivity index (χ0n) is 23.9. The summed E-state index contributed by atoms with van der Waals surface area (Å²) in [5.41, 5.74) is 2.48. The van der Waals surface area contributed by atoms with Gasteiger partial charge in [-0.25, -0.2) is 12.8 Å². The summed E-state index contributed by atoms with van der Waals surface area (Å²) in [5, 5.41) is 18.0. The van der Waals surface area contributed by atoms with Gasteiger partial charge in [-0.05, 0) is 76.7 Å². The van der Waals surface area contributed by atoms with Gasteiger partial charge in [0.2, 0.25) is 0 Å². The van der Waals surface area contributed by atoms with E-state index in [2.05, 4.69) is 62.9 Å².